The van der Waals surface area contributed by atoms with E-state index in [1.165, 1.54) is 18.2 Å². The molecule has 0 bridgehead atoms. The van der Waals surface area contributed by atoms with Crippen molar-refractivity contribution in [1.82, 2.24) is 10.3 Å². The van der Waals surface area contributed by atoms with Crippen LogP contribution in [0.3, 0.4) is 0 Å². The molecule has 0 aliphatic carbocycles. The third-order valence-corrected chi connectivity index (χ3v) is 4.01. The second kappa shape index (κ2) is 9.50. The van der Waals surface area contributed by atoms with Crippen molar-refractivity contribution in [3.05, 3.63) is 90.0 Å². The lowest BCUT2D eigenvalue weighted by molar-refractivity contribution is -0.123. The van der Waals surface area contributed by atoms with Crippen LogP contribution in [0.25, 0.3) is 0 Å². The van der Waals surface area contributed by atoms with Gasteiger partial charge in [0.2, 0.25) is 0 Å². The van der Waals surface area contributed by atoms with E-state index in [2.05, 4.69) is 10.3 Å². The van der Waals surface area contributed by atoms with Crippen molar-refractivity contribution in [2.24, 2.45) is 0 Å². The summed E-state index contributed by atoms with van der Waals surface area (Å²) in [5.41, 5.74) is 1.74. The van der Waals surface area contributed by atoms with Crippen molar-refractivity contribution in [1.29, 1.82) is 0 Å². The van der Waals surface area contributed by atoms with Gasteiger partial charge in [-0.3, -0.25) is 9.78 Å². The van der Waals surface area contributed by atoms with Crippen LogP contribution in [-0.2, 0) is 11.4 Å². The lowest BCUT2D eigenvalue weighted by Gasteiger charge is -2.16. The molecule has 0 unspecified atom stereocenters. The number of hydrogen-bond acceptors (Lipinski definition) is 4. The van der Waals surface area contributed by atoms with E-state index in [0.29, 0.717) is 18.1 Å². The van der Waals surface area contributed by atoms with Crippen molar-refractivity contribution < 1.29 is 18.7 Å². The third kappa shape index (κ3) is 5.81. The van der Waals surface area contributed by atoms with Crippen molar-refractivity contribution in [2.45, 2.75) is 19.6 Å². The quantitative estimate of drug-likeness (QED) is 0.640. The number of carbonyl (C=O) groups is 1. The normalized spacial score (nSPS) is 11.5. The molecule has 144 valence electrons. The van der Waals surface area contributed by atoms with E-state index in [1.807, 2.05) is 49.4 Å². The number of rotatable bonds is 8. The smallest absolute Gasteiger partial charge is 0.258 e. The molecule has 1 heterocycles. The summed E-state index contributed by atoms with van der Waals surface area (Å²) in [4.78, 5) is 16.3. The van der Waals surface area contributed by atoms with E-state index in [9.17, 15) is 9.18 Å². The van der Waals surface area contributed by atoms with E-state index in [-0.39, 0.29) is 18.6 Å². The van der Waals surface area contributed by atoms with Crippen LogP contribution in [0.5, 0.6) is 11.5 Å². The maximum Gasteiger partial charge on any atom is 0.258 e. The largest absolute Gasteiger partial charge is 0.487 e. The first kappa shape index (κ1) is 19.4. The van der Waals surface area contributed by atoms with Gasteiger partial charge in [0.15, 0.2) is 6.61 Å². The molecule has 1 amide bonds. The fourth-order valence-corrected chi connectivity index (χ4v) is 2.59. The zero-order chi connectivity index (χ0) is 19.8. The molecule has 0 aliphatic heterocycles. The van der Waals surface area contributed by atoms with Crippen LogP contribution < -0.4 is 14.8 Å². The van der Waals surface area contributed by atoms with Crippen LogP contribution in [0.15, 0.2) is 72.9 Å². The monoisotopic (exact) mass is 380 g/mol. The highest BCUT2D eigenvalue weighted by Gasteiger charge is 2.11. The van der Waals surface area contributed by atoms with Gasteiger partial charge in [0, 0.05) is 12.3 Å². The summed E-state index contributed by atoms with van der Waals surface area (Å²) in [6.45, 7) is 2.05. The minimum atomic E-state index is -0.409. The summed E-state index contributed by atoms with van der Waals surface area (Å²) in [5.74, 6) is 0.304. The zero-order valence-corrected chi connectivity index (χ0v) is 15.5. The Morgan fingerprint density at radius 3 is 2.57 bits per heavy atom. The average molecular weight is 380 g/mol. The number of hydrogen-bond donors (Lipinski definition) is 1. The fraction of sp³-hybridized carbons (Fsp3) is 0.182. The van der Waals surface area contributed by atoms with Crippen molar-refractivity contribution in [2.75, 3.05) is 6.61 Å². The lowest BCUT2D eigenvalue weighted by atomic mass is 10.1. The molecule has 3 aromatic rings. The summed E-state index contributed by atoms with van der Waals surface area (Å²) in [6.07, 6.45) is 1.72. The minimum absolute atomic E-state index is 0.191. The summed E-state index contributed by atoms with van der Waals surface area (Å²) in [7, 11) is 0. The molecule has 28 heavy (non-hydrogen) atoms. The lowest BCUT2D eigenvalue weighted by Crippen LogP contribution is -2.31. The highest BCUT2D eigenvalue weighted by molar-refractivity contribution is 5.78. The molecule has 0 radical (unpaired) electrons. The van der Waals surface area contributed by atoms with E-state index in [1.54, 1.807) is 12.3 Å². The molecule has 0 saturated carbocycles. The number of carbonyl (C=O) groups excluding carboxylic acids is 1. The molecule has 1 atom stereocenters. The fourth-order valence-electron chi connectivity index (χ4n) is 2.59. The predicted octanol–water partition coefficient (Wildman–Crippen LogP) is 4.06. The van der Waals surface area contributed by atoms with Gasteiger partial charge in [-0.15, -0.1) is 0 Å². The number of halogens is 1. The van der Waals surface area contributed by atoms with Gasteiger partial charge >= 0.3 is 0 Å². The molecule has 0 spiro atoms. The average Bonchev–Trinajstić information content (AvgIpc) is 2.72. The number of nitrogens with zero attached hydrogens (tertiary/aromatic N) is 1. The zero-order valence-electron chi connectivity index (χ0n) is 15.5. The number of ether oxygens (including phenoxy) is 2. The second-order valence-corrected chi connectivity index (χ2v) is 6.22. The molecule has 3 rings (SSSR count). The Kier molecular flexibility index (Phi) is 6.57. The maximum absolute atomic E-state index is 13.1. The standard InChI is InChI=1S/C22H21FN2O3/c1-16(25-22(26)15-28-21-10-5-7-18(23)13-21)17-6-4-9-20(12-17)27-14-19-8-2-3-11-24-19/h2-13,16H,14-15H2,1H3,(H,25,26)/t16-/m0/s1. The first-order valence-corrected chi connectivity index (χ1v) is 8.90. The Bertz CT molecular complexity index is 918. The Labute approximate surface area is 163 Å². The summed E-state index contributed by atoms with van der Waals surface area (Å²) in [5, 5.41) is 2.86. The van der Waals surface area contributed by atoms with E-state index < -0.39 is 5.82 Å². The molecule has 2 aromatic carbocycles. The second-order valence-electron chi connectivity index (χ2n) is 6.22. The summed E-state index contributed by atoms with van der Waals surface area (Å²) >= 11 is 0. The third-order valence-electron chi connectivity index (χ3n) is 4.01. The maximum atomic E-state index is 13.1. The molecule has 5 nitrogen and oxygen atoms in total. The van der Waals surface area contributed by atoms with E-state index in [4.69, 9.17) is 9.47 Å². The Morgan fingerprint density at radius 2 is 1.82 bits per heavy atom. The van der Waals surface area contributed by atoms with Crippen LogP contribution in [0.1, 0.15) is 24.2 Å². The molecule has 1 N–H and O–H groups in total. The first-order chi connectivity index (χ1) is 13.6. The Balaban J connectivity index is 1.52. The summed E-state index contributed by atoms with van der Waals surface area (Å²) in [6, 6.07) is 18.6. The van der Waals surface area contributed by atoms with Gasteiger partial charge in [-0.1, -0.05) is 24.3 Å². The van der Waals surface area contributed by atoms with Crippen LogP contribution >= 0.6 is 0 Å². The van der Waals surface area contributed by atoms with Gasteiger partial charge in [0.05, 0.1) is 11.7 Å². The molecular weight excluding hydrogens is 359 g/mol. The number of pyridine rings is 1. The molecule has 0 aliphatic rings. The SMILES string of the molecule is C[C@H](NC(=O)COc1cccc(F)c1)c1cccc(OCc2ccccn2)c1. The van der Waals surface area contributed by atoms with Crippen molar-refractivity contribution in [3.63, 3.8) is 0 Å². The van der Waals surface area contributed by atoms with Gasteiger partial charge in [0.25, 0.3) is 5.91 Å². The van der Waals surface area contributed by atoms with Crippen molar-refractivity contribution >= 4 is 5.91 Å². The van der Waals surface area contributed by atoms with Crippen LogP contribution in [0.2, 0.25) is 0 Å². The number of benzene rings is 2. The topological polar surface area (TPSA) is 60.5 Å². The van der Waals surface area contributed by atoms with Gasteiger partial charge in [-0.2, -0.15) is 0 Å². The summed E-state index contributed by atoms with van der Waals surface area (Å²) < 4.78 is 24.2. The highest BCUT2D eigenvalue weighted by atomic mass is 19.1. The molecule has 1 aromatic heterocycles. The number of aromatic nitrogens is 1. The van der Waals surface area contributed by atoms with Crippen molar-refractivity contribution in [3.8, 4) is 11.5 Å². The van der Waals surface area contributed by atoms with E-state index >= 15 is 0 Å². The molecule has 0 saturated heterocycles. The highest BCUT2D eigenvalue weighted by Crippen LogP contribution is 2.20. The van der Waals surface area contributed by atoms with Crippen LogP contribution in [-0.4, -0.2) is 17.5 Å². The van der Waals surface area contributed by atoms with Gasteiger partial charge < -0.3 is 14.8 Å². The van der Waals surface area contributed by atoms with Crippen LogP contribution in [0.4, 0.5) is 4.39 Å². The Hall–Kier alpha value is -3.41. The number of amides is 1. The van der Waals surface area contributed by atoms with Gasteiger partial charge in [-0.25, -0.2) is 4.39 Å². The Morgan fingerprint density at radius 1 is 1.04 bits per heavy atom. The van der Waals surface area contributed by atoms with Crippen LogP contribution in [0, 0.1) is 5.82 Å². The molecule has 6 heteroatoms. The first-order valence-electron chi connectivity index (χ1n) is 8.90. The predicted molar refractivity (Wildman–Crippen MR) is 103 cm³/mol. The molecular formula is C22H21FN2O3. The molecule has 0 fully saturated rings. The van der Waals surface area contributed by atoms with E-state index in [0.717, 1.165) is 11.3 Å². The van der Waals surface area contributed by atoms with Gasteiger partial charge in [-0.05, 0) is 48.9 Å². The number of nitrogens with one attached hydrogen (secondary N) is 1. The van der Waals surface area contributed by atoms with Gasteiger partial charge in [0.1, 0.15) is 23.9 Å². The minimum Gasteiger partial charge on any atom is -0.487 e.